The number of H-pyrrole nitrogens is 1. The van der Waals surface area contributed by atoms with Gasteiger partial charge in [0.2, 0.25) is 0 Å². The summed E-state index contributed by atoms with van der Waals surface area (Å²) in [5.74, 6) is 0. The van der Waals surface area contributed by atoms with E-state index >= 15 is 0 Å². The molecule has 0 saturated heterocycles. The average Bonchev–Trinajstić information content (AvgIpc) is 3.08. The first-order chi connectivity index (χ1) is 13.7. The summed E-state index contributed by atoms with van der Waals surface area (Å²) in [6.07, 6.45) is 5.64. The van der Waals surface area contributed by atoms with E-state index < -0.39 is 11.9 Å². The van der Waals surface area contributed by atoms with Gasteiger partial charge in [0.25, 0.3) is 0 Å². The molecule has 0 aliphatic heterocycles. The van der Waals surface area contributed by atoms with E-state index in [4.69, 9.17) is 0 Å². The monoisotopic (exact) mass is 402 g/mol. The second-order valence-electron chi connectivity index (χ2n) is 8.29. The molecule has 0 radical (unpaired) electrons. The molecule has 0 atom stereocenters. The van der Waals surface area contributed by atoms with Crippen LogP contribution in [0, 0.1) is 5.41 Å². The summed E-state index contributed by atoms with van der Waals surface area (Å²) in [5.41, 5.74) is 2.16. The molecule has 1 aromatic carbocycles. The van der Waals surface area contributed by atoms with Gasteiger partial charge in [-0.25, -0.2) is 0 Å². The third kappa shape index (κ3) is 5.14. The van der Waals surface area contributed by atoms with Crippen molar-refractivity contribution in [1.29, 1.82) is 0 Å². The maximum atomic E-state index is 13.1. The zero-order valence-electron chi connectivity index (χ0n) is 17.1. The highest BCUT2D eigenvalue weighted by Crippen LogP contribution is 2.35. The van der Waals surface area contributed by atoms with E-state index in [1.54, 1.807) is 0 Å². The molecule has 156 valence electrons. The van der Waals surface area contributed by atoms with Gasteiger partial charge in [0.1, 0.15) is 5.69 Å². The number of allylic oxidation sites excluding steroid dienone is 2. The van der Waals surface area contributed by atoms with Crippen molar-refractivity contribution in [1.82, 2.24) is 4.98 Å². The number of rotatable bonds is 5. The molecule has 2 N–H and O–H groups in total. The van der Waals surface area contributed by atoms with E-state index in [2.05, 4.69) is 23.8 Å². The molecule has 1 saturated carbocycles. The van der Waals surface area contributed by atoms with Crippen molar-refractivity contribution in [2.45, 2.75) is 52.1 Å². The second kappa shape index (κ2) is 8.52. The Kier molecular flexibility index (Phi) is 6.25. The standard InChI is InChI=1S/C24H29F3N2/c1-4-8-20(21-15-22(24(25,26)27)29-17(21)2)18-9-11-19(12-10-18)28-16-23(3)13-6-5-7-14-23/h4,8-12,15,28-29H,2,5-7,13-14,16H2,1,3H3/b8-4-,21-20+. The number of anilines is 1. The predicted molar refractivity (Wildman–Crippen MR) is 114 cm³/mol. The van der Waals surface area contributed by atoms with Crippen LogP contribution in [0.25, 0.3) is 12.2 Å². The highest BCUT2D eigenvalue weighted by molar-refractivity contribution is 5.74. The zero-order valence-corrected chi connectivity index (χ0v) is 17.1. The van der Waals surface area contributed by atoms with Gasteiger partial charge < -0.3 is 10.3 Å². The average molecular weight is 403 g/mol. The summed E-state index contributed by atoms with van der Waals surface area (Å²) in [6.45, 7) is 8.89. The van der Waals surface area contributed by atoms with Gasteiger partial charge in [-0.2, -0.15) is 13.2 Å². The Morgan fingerprint density at radius 3 is 2.38 bits per heavy atom. The maximum absolute atomic E-state index is 13.1. The summed E-state index contributed by atoms with van der Waals surface area (Å²) in [5, 5.41) is 4.26. The molecule has 1 aliphatic carbocycles. The minimum absolute atomic E-state index is 0.262. The molecular formula is C24H29F3N2. The molecular weight excluding hydrogens is 373 g/mol. The minimum atomic E-state index is -4.42. The van der Waals surface area contributed by atoms with Crippen LogP contribution in [-0.2, 0) is 6.18 Å². The maximum Gasteiger partial charge on any atom is 0.431 e. The zero-order chi connectivity index (χ0) is 21.1. The second-order valence-corrected chi connectivity index (χ2v) is 8.29. The van der Waals surface area contributed by atoms with Crippen LogP contribution in [0.1, 0.15) is 57.2 Å². The molecule has 0 bridgehead atoms. The lowest BCUT2D eigenvalue weighted by Crippen LogP contribution is -2.28. The molecule has 0 amide bonds. The number of nitrogens with one attached hydrogen (secondary N) is 2. The van der Waals surface area contributed by atoms with Gasteiger partial charge in [-0.3, -0.25) is 0 Å². The van der Waals surface area contributed by atoms with E-state index in [-0.39, 0.29) is 5.35 Å². The van der Waals surface area contributed by atoms with E-state index in [1.165, 1.54) is 32.1 Å². The highest BCUT2D eigenvalue weighted by atomic mass is 19.4. The first-order valence-electron chi connectivity index (χ1n) is 10.2. The lowest BCUT2D eigenvalue weighted by molar-refractivity contribution is -0.140. The Labute approximate surface area is 170 Å². The summed E-state index contributed by atoms with van der Waals surface area (Å²) in [4.78, 5) is 2.36. The lowest BCUT2D eigenvalue weighted by Gasteiger charge is -2.34. The van der Waals surface area contributed by atoms with Crippen LogP contribution in [0.15, 0.2) is 42.5 Å². The topological polar surface area (TPSA) is 27.8 Å². The SMILES string of the molecule is C=c1[nH]c(C(F)(F)F)c/c1=C(/C=C\C)c1ccc(NCC2(C)CCCCC2)cc1. The van der Waals surface area contributed by atoms with Crippen LogP contribution < -0.4 is 15.9 Å². The van der Waals surface area contributed by atoms with Crippen molar-refractivity contribution < 1.29 is 13.2 Å². The van der Waals surface area contributed by atoms with Crippen molar-refractivity contribution in [3.05, 3.63) is 64.3 Å². The fourth-order valence-electron chi connectivity index (χ4n) is 4.06. The predicted octanol–water partition coefficient (Wildman–Crippen LogP) is 5.60. The van der Waals surface area contributed by atoms with Crippen LogP contribution in [0.4, 0.5) is 18.9 Å². The quantitative estimate of drug-likeness (QED) is 0.669. The molecule has 5 heteroatoms. The molecule has 3 rings (SSSR count). The Balaban J connectivity index is 1.86. The Morgan fingerprint density at radius 1 is 1.17 bits per heavy atom. The molecule has 2 nitrogen and oxygen atoms in total. The van der Waals surface area contributed by atoms with E-state index in [0.717, 1.165) is 29.4 Å². The highest BCUT2D eigenvalue weighted by Gasteiger charge is 2.32. The van der Waals surface area contributed by atoms with Crippen molar-refractivity contribution >= 4 is 17.8 Å². The Bertz CT molecular complexity index is 959. The van der Waals surface area contributed by atoms with Gasteiger partial charge in [0.05, 0.1) is 0 Å². The number of benzene rings is 1. The largest absolute Gasteiger partial charge is 0.431 e. The summed E-state index contributed by atoms with van der Waals surface area (Å²) >= 11 is 0. The number of alkyl halides is 3. The molecule has 1 fully saturated rings. The number of aromatic amines is 1. The number of halogens is 3. The van der Waals surface area contributed by atoms with Gasteiger partial charge in [-0.05, 0) is 54.5 Å². The molecule has 29 heavy (non-hydrogen) atoms. The van der Waals surface area contributed by atoms with Crippen molar-refractivity contribution in [2.75, 3.05) is 11.9 Å². The molecule has 0 spiro atoms. The number of hydrogen-bond acceptors (Lipinski definition) is 1. The van der Waals surface area contributed by atoms with Crippen LogP contribution in [0.3, 0.4) is 0 Å². The normalized spacial score (nSPS) is 18.1. The smallest absolute Gasteiger partial charge is 0.384 e. The van der Waals surface area contributed by atoms with Crippen molar-refractivity contribution in [2.24, 2.45) is 5.41 Å². The van der Waals surface area contributed by atoms with Gasteiger partial charge >= 0.3 is 6.18 Å². The molecule has 2 aromatic rings. The summed E-state index contributed by atoms with van der Waals surface area (Å²) in [6, 6.07) is 9.01. The molecule has 1 aromatic heterocycles. The Morgan fingerprint density at radius 2 is 1.83 bits per heavy atom. The number of aromatic nitrogens is 1. The van der Waals surface area contributed by atoms with E-state index in [9.17, 15) is 13.2 Å². The first-order valence-corrected chi connectivity index (χ1v) is 10.2. The van der Waals surface area contributed by atoms with Crippen LogP contribution in [-0.4, -0.2) is 11.5 Å². The molecule has 1 heterocycles. The minimum Gasteiger partial charge on any atom is -0.384 e. The lowest BCUT2D eigenvalue weighted by atomic mass is 9.76. The van der Waals surface area contributed by atoms with Gasteiger partial charge in [-0.15, -0.1) is 0 Å². The molecule has 1 aliphatic rings. The van der Waals surface area contributed by atoms with Gasteiger partial charge in [0.15, 0.2) is 0 Å². The van der Waals surface area contributed by atoms with Crippen molar-refractivity contribution in [3.8, 4) is 0 Å². The van der Waals surface area contributed by atoms with Gasteiger partial charge in [-0.1, -0.05) is 57.0 Å². The molecule has 0 unspecified atom stereocenters. The third-order valence-electron chi connectivity index (χ3n) is 5.80. The van der Waals surface area contributed by atoms with E-state index in [1.807, 2.05) is 43.3 Å². The fourth-order valence-corrected chi connectivity index (χ4v) is 4.06. The first kappa shape index (κ1) is 21.3. The third-order valence-corrected chi connectivity index (χ3v) is 5.80. The summed E-state index contributed by atoms with van der Waals surface area (Å²) < 4.78 is 39.2. The fraction of sp³-hybridized carbons (Fsp3) is 0.417. The van der Waals surface area contributed by atoms with Gasteiger partial charge in [0, 0.05) is 22.8 Å². The Hall–Kier alpha value is -2.43. The number of hydrogen-bond donors (Lipinski definition) is 2. The summed E-state index contributed by atoms with van der Waals surface area (Å²) in [7, 11) is 0. The van der Waals surface area contributed by atoms with E-state index in [0.29, 0.717) is 10.6 Å². The van der Waals surface area contributed by atoms with Crippen LogP contribution in [0.5, 0.6) is 0 Å². The van der Waals surface area contributed by atoms with Crippen LogP contribution in [0.2, 0.25) is 0 Å². The van der Waals surface area contributed by atoms with Crippen molar-refractivity contribution in [3.63, 3.8) is 0 Å². The van der Waals surface area contributed by atoms with Crippen LogP contribution >= 0.6 is 0 Å².